The molecule has 4 rings (SSSR count). The van der Waals surface area contributed by atoms with Gasteiger partial charge in [-0.25, -0.2) is 10.9 Å². The fourth-order valence-electron chi connectivity index (χ4n) is 6.83. The fraction of sp³-hybridized carbons (Fsp3) is 0.750. The Bertz CT molecular complexity index is 866. The van der Waals surface area contributed by atoms with Gasteiger partial charge in [0.25, 0.3) is 11.8 Å². The lowest BCUT2D eigenvalue weighted by Gasteiger charge is -2.34. The van der Waals surface area contributed by atoms with Crippen LogP contribution in [0.1, 0.15) is 67.2 Å². The van der Waals surface area contributed by atoms with Gasteiger partial charge in [0.15, 0.2) is 0 Å². The molecule has 4 saturated carbocycles. The molecule has 4 fully saturated rings. The van der Waals surface area contributed by atoms with Gasteiger partial charge in [-0.1, -0.05) is 73.4 Å². The van der Waals surface area contributed by atoms with Crippen LogP contribution in [-0.2, 0) is 9.59 Å². The number of carbonyl (C=O) groups excluding carboxylic acids is 2. The van der Waals surface area contributed by atoms with Crippen molar-refractivity contribution in [1.29, 1.82) is 0 Å². The summed E-state index contributed by atoms with van der Waals surface area (Å²) < 4.78 is 0. The molecule has 0 aromatic carbocycles. The average molecular weight is 570 g/mol. The van der Waals surface area contributed by atoms with Gasteiger partial charge >= 0.3 is 0 Å². The molecule has 0 saturated heterocycles. The van der Waals surface area contributed by atoms with E-state index in [-0.39, 0.29) is 31.3 Å². The minimum absolute atomic E-state index is 0.0346. The van der Waals surface area contributed by atoms with Crippen molar-refractivity contribution in [2.24, 2.45) is 43.7 Å². The maximum absolute atomic E-state index is 12.3. The van der Waals surface area contributed by atoms with Gasteiger partial charge in [-0.15, -0.1) is 0 Å². The second-order valence-electron chi connectivity index (χ2n) is 11.5. The number of carbonyl (C=O) groups is 2. The van der Waals surface area contributed by atoms with Gasteiger partial charge in [-0.2, -0.15) is 10.2 Å². The second-order valence-corrected chi connectivity index (χ2v) is 13.5. The minimum Gasteiger partial charge on any atom is -0.268 e. The molecule has 6 nitrogen and oxygen atoms in total. The maximum Gasteiger partial charge on any atom is 0.264 e. The van der Waals surface area contributed by atoms with Crippen LogP contribution in [-0.4, -0.2) is 32.9 Å². The van der Waals surface area contributed by atoms with Crippen LogP contribution < -0.4 is 10.9 Å². The quantitative estimate of drug-likeness (QED) is 0.286. The van der Waals surface area contributed by atoms with Crippen LogP contribution in [0.5, 0.6) is 0 Å². The number of nitrogens with one attached hydrogen (secondary N) is 2. The molecule has 0 unspecified atom stereocenters. The molecule has 0 heterocycles. The lowest BCUT2D eigenvalue weighted by molar-refractivity contribution is -0.118. The highest BCUT2D eigenvalue weighted by atomic mass is 79.9. The van der Waals surface area contributed by atoms with Gasteiger partial charge in [-0.3, -0.25) is 9.59 Å². The van der Waals surface area contributed by atoms with Crippen molar-refractivity contribution in [1.82, 2.24) is 10.9 Å². The predicted molar refractivity (Wildman–Crippen MR) is 135 cm³/mol. The summed E-state index contributed by atoms with van der Waals surface area (Å²) in [5, 5.41) is 8.91. The van der Waals surface area contributed by atoms with E-state index in [1.165, 1.54) is 25.0 Å². The van der Waals surface area contributed by atoms with E-state index in [4.69, 9.17) is 0 Å². The predicted octanol–water partition coefficient (Wildman–Crippen LogP) is 4.93. The van der Waals surface area contributed by atoms with Gasteiger partial charge in [0, 0.05) is 23.0 Å². The maximum atomic E-state index is 12.3. The van der Waals surface area contributed by atoms with Gasteiger partial charge in [-0.05, 0) is 48.3 Å². The standard InChI is InChI=1S/C24H34Br2N4O2/c1-21(2)13-9-11-23(21,5)19(17(13)25)29-27-15(31)7-8-16(32)28-30-20-18(26)14-10-12-24(20,6)22(14,3)4/h7-8,13-14,17-18H,9-12H2,1-6H3,(H,27,31)(H,28,32)/b8-7+,29-19?,30-20?/t13-,14+,17-,18-,23+,24+/m0/s1. The van der Waals surface area contributed by atoms with E-state index in [2.05, 4.69) is 94.5 Å². The first-order valence-electron chi connectivity index (χ1n) is 11.5. The number of fused-ring (bicyclic) bond motifs is 4. The van der Waals surface area contributed by atoms with Crippen molar-refractivity contribution in [3.05, 3.63) is 12.2 Å². The van der Waals surface area contributed by atoms with Crippen molar-refractivity contribution in [3.8, 4) is 0 Å². The van der Waals surface area contributed by atoms with Crippen molar-refractivity contribution in [3.63, 3.8) is 0 Å². The van der Waals surface area contributed by atoms with E-state index < -0.39 is 11.8 Å². The van der Waals surface area contributed by atoms with E-state index in [9.17, 15) is 9.59 Å². The van der Waals surface area contributed by atoms with Crippen molar-refractivity contribution < 1.29 is 9.59 Å². The Balaban J connectivity index is 1.37. The molecule has 0 aromatic rings. The van der Waals surface area contributed by atoms with Gasteiger partial charge < -0.3 is 0 Å². The molecule has 6 atom stereocenters. The van der Waals surface area contributed by atoms with Crippen molar-refractivity contribution in [2.75, 3.05) is 0 Å². The molecule has 2 N–H and O–H groups in total. The van der Waals surface area contributed by atoms with Gasteiger partial charge in [0.05, 0.1) is 21.1 Å². The van der Waals surface area contributed by atoms with Crippen molar-refractivity contribution >= 4 is 55.1 Å². The molecular weight excluding hydrogens is 536 g/mol. The summed E-state index contributed by atoms with van der Waals surface area (Å²) in [6.45, 7) is 13.6. The highest BCUT2D eigenvalue weighted by molar-refractivity contribution is 9.10. The summed E-state index contributed by atoms with van der Waals surface area (Å²) in [7, 11) is 0. The number of hydrogen-bond acceptors (Lipinski definition) is 4. The largest absolute Gasteiger partial charge is 0.268 e. The van der Waals surface area contributed by atoms with Crippen LogP contribution in [0.2, 0.25) is 0 Å². The highest BCUT2D eigenvalue weighted by Crippen LogP contribution is 2.66. The lowest BCUT2D eigenvalue weighted by atomic mass is 9.70. The smallest absolute Gasteiger partial charge is 0.264 e. The Morgan fingerprint density at radius 3 is 1.41 bits per heavy atom. The molecule has 8 heteroatoms. The van der Waals surface area contributed by atoms with E-state index in [1.807, 2.05) is 0 Å². The number of halogens is 2. The summed E-state index contributed by atoms with van der Waals surface area (Å²) >= 11 is 7.57. The molecule has 0 radical (unpaired) electrons. The summed E-state index contributed by atoms with van der Waals surface area (Å²) in [4.78, 5) is 24.9. The van der Waals surface area contributed by atoms with Crippen LogP contribution in [0.4, 0.5) is 0 Å². The SMILES string of the molecule is CC1(C)[C@@H]2CC[C@]1(C)C(=NNC(=O)/C=C/C(=O)NN=C1[C@@H](Br)[C@@H]3CC[C@@]1(C)C3(C)C)[C@H]2Br. The number of hydrogen-bond donors (Lipinski definition) is 2. The molecule has 4 aliphatic carbocycles. The molecule has 0 aliphatic heterocycles. The first-order chi connectivity index (χ1) is 14.8. The van der Waals surface area contributed by atoms with Crippen LogP contribution >= 0.6 is 31.9 Å². The summed E-state index contributed by atoms with van der Waals surface area (Å²) in [6.07, 6.45) is 6.90. The third kappa shape index (κ3) is 3.22. The molecule has 0 aromatic heterocycles. The number of amides is 2. The first-order valence-corrected chi connectivity index (χ1v) is 13.3. The van der Waals surface area contributed by atoms with E-state index in [0.717, 1.165) is 24.3 Å². The molecule has 4 aliphatic rings. The monoisotopic (exact) mass is 568 g/mol. The molecule has 32 heavy (non-hydrogen) atoms. The average Bonchev–Trinajstić information content (AvgIpc) is 3.19. The molecule has 176 valence electrons. The zero-order valence-electron chi connectivity index (χ0n) is 19.8. The molecular formula is C24H34Br2N4O2. The normalized spacial score (nSPS) is 43.5. The third-order valence-electron chi connectivity index (χ3n) is 9.93. The van der Waals surface area contributed by atoms with Crippen molar-refractivity contribution in [2.45, 2.75) is 76.9 Å². The Kier molecular flexibility index (Phi) is 5.84. The zero-order valence-corrected chi connectivity index (χ0v) is 22.9. The molecule has 2 amide bonds. The molecule has 0 spiro atoms. The van der Waals surface area contributed by atoms with Crippen LogP contribution in [0.25, 0.3) is 0 Å². The third-order valence-corrected chi connectivity index (χ3v) is 12.1. The fourth-order valence-corrected chi connectivity index (χ4v) is 9.90. The second kappa shape index (κ2) is 7.76. The van der Waals surface area contributed by atoms with E-state index >= 15 is 0 Å². The number of alkyl halides is 2. The van der Waals surface area contributed by atoms with Crippen LogP contribution in [0.3, 0.4) is 0 Å². The Morgan fingerprint density at radius 2 is 1.12 bits per heavy atom. The van der Waals surface area contributed by atoms with Gasteiger partial charge in [0.2, 0.25) is 0 Å². The number of rotatable bonds is 4. The van der Waals surface area contributed by atoms with E-state index in [0.29, 0.717) is 11.8 Å². The number of hydrazone groups is 2. The summed E-state index contributed by atoms with van der Waals surface area (Å²) in [6, 6.07) is 0. The summed E-state index contributed by atoms with van der Waals surface area (Å²) in [5.41, 5.74) is 7.41. The summed E-state index contributed by atoms with van der Waals surface area (Å²) in [5.74, 6) is 0.185. The zero-order chi connectivity index (χ0) is 23.7. The van der Waals surface area contributed by atoms with Crippen LogP contribution in [0, 0.1) is 33.5 Å². The minimum atomic E-state index is -0.421. The van der Waals surface area contributed by atoms with E-state index in [1.54, 1.807) is 0 Å². The van der Waals surface area contributed by atoms with Crippen LogP contribution in [0.15, 0.2) is 22.4 Å². The Hall–Kier alpha value is -1.02. The Morgan fingerprint density at radius 1 is 0.781 bits per heavy atom. The Labute approximate surface area is 207 Å². The topological polar surface area (TPSA) is 82.9 Å². The lowest BCUT2D eigenvalue weighted by Crippen LogP contribution is -2.36. The first kappa shape index (κ1) is 24.1. The number of nitrogens with zero attached hydrogens (tertiary/aromatic N) is 2. The highest BCUT2D eigenvalue weighted by Gasteiger charge is 2.65. The van der Waals surface area contributed by atoms with Gasteiger partial charge in [0.1, 0.15) is 0 Å². The molecule has 4 bridgehead atoms.